The number of alkyl halides is 6. The van der Waals surface area contributed by atoms with Crippen LogP contribution in [0.15, 0.2) is 0 Å². The molecule has 0 spiro atoms. The van der Waals surface area contributed by atoms with Gasteiger partial charge in [0.15, 0.2) is 0 Å². The molecule has 0 rings (SSSR count). The van der Waals surface area contributed by atoms with E-state index >= 15 is 0 Å². The normalized spacial score (nSPS) is 12.1. The molecule has 0 saturated carbocycles. The largest absolute Gasteiger partial charge is 0.490 e. The highest BCUT2D eigenvalue weighted by Gasteiger charge is 2.41. The Balaban J connectivity index is 3.53. The van der Waals surface area contributed by atoms with Gasteiger partial charge in [-0.1, -0.05) is 0 Å². The predicted octanol–water partition coefficient (Wildman–Crippen LogP) is 1.93. The first-order chi connectivity index (χ1) is 8.55. The fraction of sp³-hybridized carbons (Fsp3) is 0.750. The van der Waals surface area contributed by atoms with E-state index in [1.54, 1.807) is 0 Å². The van der Waals surface area contributed by atoms with Crippen molar-refractivity contribution < 1.29 is 45.4 Å². The standard InChI is InChI=1S/C8H8F6O4S/c9-7(10,11)5(15)17-1-3-19-4-2-18-6(16)8(12,13)14/h1-4H2. The second kappa shape index (κ2) is 7.46. The van der Waals surface area contributed by atoms with Gasteiger partial charge in [-0.2, -0.15) is 38.1 Å². The van der Waals surface area contributed by atoms with Gasteiger partial charge in [-0.25, -0.2) is 9.59 Å². The van der Waals surface area contributed by atoms with Crippen molar-refractivity contribution >= 4 is 23.7 Å². The molecule has 0 aliphatic carbocycles. The highest BCUT2D eigenvalue weighted by molar-refractivity contribution is 7.99. The maximum Gasteiger partial charge on any atom is 0.490 e. The van der Waals surface area contributed by atoms with Crippen molar-refractivity contribution in [3.8, 4) is 0 Å². The molecular weight excluding hydrogens is 306 g/mol. The minimum Gasteiger partial charge on any atom is -0.458 e. The summed E-state index contributed by atoms with van der Waals surface area (Å²) >= 11 is 0.869. The number of ether oxygens (including phenoxy) is 2. The molecule has 11 heteroatoms. The molecule has 0 heterocycles. The van der Waals surface area contributed by atoms with E-state index < -0.39 is 37.5 Å². The quantitative estimate of drug-likeness (QED) is 0.426. The summed E-state index contributed by atoms with van der Waals surface area (Å²) < 4.78 is 77.4. The SMILES string of the molecule is O=C(OCCSCCOC(=O)C(F)(F)F)C(F)(F)F. The average molecular weight is 314 g/mol. The van der Waals surface area contributed by atoms with Gasteiger partial charge in [0.2, 0.25) is 0 Å². The summed E-state index contributed by atoms with van der Waals surface area (Å²) in [7, 11) is 0. The number of halogens is 6. The van der Waals surface area contributed by atoms with Crippen LogP contribution in [0.3, 0.4) is 0 Å². The van der Waals surface area contributed by atoms with E-state index in [-0.39, 0.29) is 11.5 Å². The first-order valence-corrected chi connectivity index (χ1v) is 5.76. The van der Waals surface area contributed by atoms with Crippen molar-refractivity contribution in [3.63, 3.8) is 0 Å². The summed E-state index contributed by atoms with van der Waals surface area (Å²) in [5, 5.41) is 0. The van der Waals surface area contributed by atoms with Crippen LogP contribution < -0.4 is 0 Å². The number of thioether (sulfide) groups is 1. The predicted molar refractivity (Wildman–Crippen MR) is 51.4 cm³/mol. The van der Waals surface area contributed by atoms with Gasteiger partial charge in [0.05, 0.1) is 0 Å². The minimum absolute atomic E-state index is 0.0641. The van der Waals surface area contributed by atoms with Crippen LogP contribution in [0.2, 0.25) is 0 Å². The molecule has 0 N–H and O–H groups in total. The molecule has 0 fully saturated rings. The minimum atomic E-state index is -5.08. The summed E-state index contributed by atoms with van der Waals surface area (Å²) in [6.45, 7) is -1.09. The summed E-state index contributed by atoms with van der Waals surface area (Å²) in [4.78, 5) is 20.4. The monoisotopic (exact) mass is 314 g/mol. The van der Waals surface area contributed by atoms with E-state index in [2.05, 4.69) is 9.47 Å². The van der Waals surface area contributed by atoms with E-state index in [4.69, 9.17) is 0 Å². The number of hydrogen-bond acceptors (Lipinski definition) is 5. The first kappa shape index (κ1) is 17.9. The van der Waals surface area contributed by atoms with Crippen molar-refractivity contribution in [3.05, 3.63) is 0 Å². The number of esters is 2. The third-order valence-electron chi connectivity index (χ3n) is 1.38. The van der Waals surface area contributed by atoms with Crippen molar-refractivity contribution in [2.24, 2.45) is 0 Å². The van der Waals surface area contributed by atoms with Crippen LogP contribution >= 0.6 is 11.8 Å². The summed E-state index contributed by atoms with van der Waals surface area (Å²) in [6, 6.07) is 0. The topological polar surface area (TPSA) is 52.6 Å². The molecule has 112 valence electrons. The molecule has 0 saturated heterocycles. The molecule has 19 heavy (non-hydrogen) atoms. The molecule has 0 aliphatic rings. The van der Waals surface area contributed by atoms with Crippen molar-refractivity contribution in [2.45, 2.75) is 12.4 Å². The molecule has 0 unspecified atom stereocenters. The van der Waals surface area contributed by atoms with Gasteiger partial charge in [0.1, 0.15) is 13.2 Å². The number of hydrogen-bond donors (Lipinski definition) is 0. The van der Waals surface area contributed by atoms with Gasteiger partial charge in [0, 0.05) is 11.5 Å². The maximum absolute atomic E-state index is 11.6. The second-order valence-corrected chi connectivity index (χ2v) is 4.10. The van der Waals surface area contributed by atoms with Gasteiger partial charge in [-0.3, -0.25) is 0 Å². The smallest absolute Gasteiger partial charge is 0.458 e. The molecule has 0 aromatic rings. The zero-order chi connectivity index (χ0) is 15.1. The van der Waals surface area contributed by atoms with Crippen LogP contribution in [0.4, 0.5) is 26.3 Å². The number of carbonyl (C=O) groups excluding carboxylic acids is 2. The summed E-state index contributed by atoms with van der Waals surface area (Å²) in [5.41, 5.74) is 0. The maximum atomic E-state index is 11.6. The third kappa shape index (κ3) is 8.56. The molecule has 0 atom stereocenters. The Labute approximate surface area is 107 Å². The van der Waals surface area contributed by atoms with Gasteiger partial charge >= 0.3 is 24.3 Å². The molecule has 0 aromatic heterocycles. The molecule has 0 bridgehead atoms. The molecule has 0 aliphatic heterocycles. The zero-order valence-corrected chi connectivity index (χ0v) is 9.95. The van der Waals surface area contributed by atoms with Crippen molar-refractivity contribution in [2.75, 3.05) is 24.7 Å². The van der Waals surface area contributed by atoms with Crippen molar-refractivity contribution in [1.29, 1.82) is 0 Å². The average Bonchev–Trinajstić information content (AvgIpc) is 2.24. The third-order valence-corrected chi connectivity index (χ3v) is 2.30. The second-order valence-electron chi connectivity index (χ2n) is 2.88. The van der Waals surface area contributed by atoms with Crippen LogP contribution in [-0.2, 0) is 19.1 Å². The van der Waals surface area contributed by atoms with Gasteiger partial charge in [0.25, 0.3) is 0 Å². The van der Waals surface area contributed by atoms with Gasteiger partial charge in [-0.15, -0.1) is 0 Å². The number of carbonyl (C=O) groups is 2. The van der Waals surface area contributed by atoms with Gasteiger partial charge in [-0.05, 0) is 0 Å². The Morgan fingerprint density at radius 2 is 1.11 bits per heavy atom. The Hall–Kier alpha value is -1.13. The van der Waals surface area contributed by atoms with Crippen LogP contribution in [0.5, 0.6) is 0 Å². The van der Waals surface area contributed by atoms with E-state index in [0.717, 1.165) is 11.8 Å². The fourth-order valence-electron chi connectivity index (χ4n) is 0.652. The van der Waals surface area contributed by atoms with Crippen LogP contribution in [0.1, 0.15) is 0 Å². The van der Waals surface area contributed by atoms with Crippen LogP contribution in [0.25, 0.3) is 0 Å². The lowest BCUT2D eigenvalue weighted by Crippen LogP contribution is -2.26. The lowest BCUT2D eigenvalue weighted by atomic mass is 10.6. The lowest BCUT2D eigenvalue weighted by molar-refractivity contribution is -0.199. The Morgan fingerprint density at radius 1 is 0.789 bits per heavy atom. The fourth-order valence-corrected chi connectivity index (χ4v) is 1.26. The number of rotatable bonds is 6. The summed E-state index contributed by atoms with van der Waals surface area (Å²) in [5.74, 6) is -4.80. The first-order valence-electron chi connectivity index (χ1n) is 4.61. The highest BCUT2D eigenvalue weighted by Crippen LogP contribution is 2.17. The van der Waals surface area contributed by atoms with E-state index in [0.29, 0.717) is 0 Å². The molecule has 4 nitrogen and oxygen atoms in total. The van der Waals surface area contributed by atoms with Crippen LogP contribution in [0, 0.1) is 0 Å². The van der Waals surface area contributed by atoms with Gasteiger partial charge < -0.3 is 9.47 Å². The lowest BCUT2D eigenvalue weighted by Gasteiger charge is -2.08. The molecule has 0 amide bonds. The van der Waals surface area contributed by atoms with E-state index in [1.165, 1.54) is 0 Å². The Kier molecular flexibility index (Phi) is 7.01. The molecular formula is C8H8F6O4S. The highest BCUT2D eigenvalue weighted by atomic mass is 32.2. The van der Waals surface area contributed by atoms with Crippen molar-refractivity contribution in [1.82, 2.24) is 0 Å². The molecule has 0 aromatic carbocycles. The molecule has 0 radical (unpaired) electrons. The zero-order valence-electron chi connectivity index (χ0n) is 9.14. The van der Waals surface area contributed by atoms with E-state index in [1.807, 2.05) is 0 Å². The van der Waals surface area contributed by atoms with Crippen LogP contribution in [-0.4, -0.2) is 49.0 Å². The Morgan fingerprint density at radius 3 is 1.37 bits per heavy atom. The van der Waals surface area contributed by atoms with E-state index in [9.17, 15) is 35.9 Å². The summed E-state index contributed by atoms with van der Waals surface area (Å²) in [6.07, 6.45) is -10.2. The Bertz CT molecular complexity index is 283.